The van der Waals surface area contributed by atoms with Gasteiger partial charge in [-0.2, -0.15) is 4.31 Å². The number of sulfonamides is 1. The molecule has 2 aromatic carbocycles. The molecule has 1 saturated heterocycles. The van der Waals surface area contributed by atoms with Crippen molar-refractivity contribution in [3.05, 3.63) is 63.9 Å². The van der Waals surface area contributed by atoms with Gasteiger partial charge in [-0.05, 0) is 61.6 Å². The summed E-state index contributed by atoms with van der Waals surface area (Å²) in [6.45, 7) is 0.760. The SMILES string of the molecule is O=C(NC1(c2ccc(Br)cc2)CC1)c1ccc(F)c(S(=O)(=O)N2CCCCC2)c1. The third kappa shape index (κ3) is 4.11. The standard InChI is InChI=1S/C21H22BrFN2O3S/c22-17-7-5-16(6-8-17)21(10-11-21)24-20(26)15-4-9-18(23)19(14-15)29(27,28)25-12-2-1-3-13-25/h4-9,14H,1-3,10-13H2,(H,24,26). The summed E-state index contributed by atoms with van der Waals surface area (Å²) in [5, 5.41) is 3.01. The van der Waals surface area contributed by atoms with E-state index in [1.165, 1.54) is 10.4 Å². The first kappa shape index (κ1) is 20.5. The van der Waals surface area contributed by atoms with E-state index < -0.39 is 32.2 Å². The van der Waals surface area contributed by atoms with Gasteiger partial charge in [0.05, 0.1) is 5.54 Å². The van der Waals surface area contributed by atoms with Crippen LogP contribution < -0.4 is 5.32 Å². The van der Waals surface area contributed by atoms with Crippen LogP contribution in [-0.4, -0.2) is 31.7 Å². The van der Waals surface area contributed by atoms with E-state index in [0.717, 1.165) is 54.3 Å². The van der Waals surface area contributed by atoms with Crippen LogP contribution in [0.25, 0.3) is 0 Å². The Morgan fingerprint density at radius 2 is 1.69 bits per heavy atom. The number of benzene rings is 2. The van der Waals surface area contributed by atoms with Crippen molar-refractivity contribution in [3.8, 4) is 0 Å². The van der Waals surface area contributed by atoms with Gasteiger partial charge in [0.15, 0.2) is 0 Å². The second-order valence-electron chi connectivity index (χ2n) is 7.65. The van der Waals surface area contributed by atoms with Gasteiger partial charge in [0.1, 0.15) is 10.7 Å². The number of carbonyl (C=O) groups is 1. The van der Waals surface area contributed by atoms with Gasteiger partial charge in [0.25, 0.3) is 5.91 Å². The largest absolute Gasteiger partial charge is 0.343 e. The van der Waals surface area contributed by atoms with Crippen LogP contribution in [0.15, 0.2) is 51.8 Å². The summed E-state index contributed by atoms with van der Waals surface area (Å²) in [6.07, 6.45) is 4.10. The molecule has 29 heavy (non-hydrogen) atoms. The Morgan fingerprint density at radius 1 is 1.03 bits per heavy atom. The molecular formula is C21H22BrFN2O3S. The number of nitrogens with one attached hydrogen (secondary N) is 1. The lowest BCUT2D eigenvalue weighted by Crippen LogP contribution is -2.37. The third-order valence-corrected chi connectivity index (χ3v) is 8.07. The number of hydrogen-bond donors (Lipinski definition) is 1. The van der Waals surface area contributed by atoms with Crippen molar-refractivity contribution in [2.45, 2.75) is 42.5 Å². The maximum Gasteiger partial charge on any atom is 0.252 e. The van der Waals surface area contributed by atoms with E-state index in [4.69, 9.17) is 0 Å². The molecule has 0 aromatic heterocycles. The van der Waals surface area contributed by atoms with E-state index in [2.05, 4.69) is 21.2 Å². The minimum absolute atomic E-state index is 0.144. The van der Waals surface area contributed by atoms with Crippen molar-refractivity contribution in [1.82, 2.24) is 9.62 Å². The van der Waals surface area contributed by atoms with Gasteiger partial charge in [-0.3, -0.25) is 4.79 Å². The predicted molar refractivity (Wildman–Crippen MR) is 112 cm³/mol. The molecule has 154 valence electrons. The number of halogens is 2. The monoisotopic (exact) mass is 480 g/mol. The molecule has 5 nitrogen and oxygen atoms in total. The fourth-order valence-corrected chi connectivity index (χ4v) is 5.63. The molecule has 0 bridgehead atoms. The molecule has 8 heteroatoms. The molecule has 0 radical (unpaired) electrons. The van der Waals surface area contributed by atoms with Crippen LogP contribution in [0.3, 0.4) is 0 Å². The highest BCUT2D eigenvalue weighted by atomic mass is 79.9. The number of nitrogens with zero attached hydrogens (tertiary/aromatic N) is 1. The minimum atomic E-state index is -3.96. The molecule has 0 spiro atoms. The average molecular weight is 481 g/mol. The summed E-state index contributed by atoms with van der Waals surface area (Å²) in [4.78, 5) is 12.4. The lowest BCUT2D eigenvalue weighted by Gasteiger charge is -2.26. The Balaban J connectivity index is 1.58. The summed E-state index contributed by atoms with van der Waals surface area (Å²) < 4.78 is 42.4. The topological polar surface area (TPSA) is 66.5 Å². The normalized spacial score (nSPS) is 19.0. The van der Waals surface area contributed by atoms with E-state index in [-0.39, 0.29) is 5.56 Å². The Bertz CT molecular complexity index is 1030. The first-order valence-corrected chi connectivity index (χ1v) is 11.9. The zero-order chi connectivity index (χ0) is 20.6. The van der Waals surface area contributed by atoms with Gasteiger partial charge in [-0.15, -0.1) is 0 Å². The molecule has 2 aliphatic rings. The van der Waals surface area contributed by atoms with Crippen LogP contribution in [0.5, 0.6) is 0 Å². The van der Waals surface area contributed by atoms with Crippen molar-refractivity contribution in [3.63, 3.8) is 0 Å². The van der Waals surface area contributed by atoms with Gasteiger partial charge < -0.3 is 5.32 Å². The van der Waals surface area contributed by atoms with Gasteiger partial charge in [0.2, 0.25) is 10.0 Å². The highest BCUT2D eigenvalue weighted by molar-refractivity contribution is 9.10. The fraction of sp³-hybridized carbons (Fsp3) is 0.381. The molecule has 2 aromatic rings. The molecule has 4 rings (SSSR count). The molecule has 1 aliphatic carbocycles. The van der Waals surface area contributed by atoms with Crippen LogP contribution in [0.2, 0.25) is 0 Å². The molecule has 1 saturated carbocycles. The number of amides is 1. The highest BCUT2D eigenvalue weighted by Crippen LogP contribution is 2.46. The van der Waals surface area contributed by atoms with E-state index in [1.54, 1.807) is 0 Å². The maximum absolute atomic E-state index is 14.4. The summed E-state index contributed by atoms with van der Waals surface area (Å²) >= 11 is 3.40. The van der Waals surface area contributed by atoms with Crippen LogP contribution >= 0.6 is 15.9 Å². The second-order valence-corrected chi connectivity index (χ2v) is 10.5. The summed E-state index contributed by atoms with van der Waals surface area (Å²) in [6, 6.07) is 11.3. The Hall–Kier alpha value is -1.77. The first-order valence-electron chi connectivity index (χ1n) is 9.70. The first-order chi connectivity index (χ1) is 13.8. The highest BCUT2D eigenvalue weighted by Gasteiger charge is 2.45. The molecule has 0 unspecified atom stereocenters. The zero-order valence-corrected chi connectivity index (χ0v) is 18.2. The molecule has 2 fully saturated rings. The molecule has 1 heterocycles. The lowest BCUT2D eigenvalue weighted by atomic mass is 10.0. The minimum Gasteiger partial charge on any atom is -0.343 e. The van der Waals surface area contributed by atoms with Crippen LogP contribution in [0.4, 0.5) is 4.39 Å². The van der Waals surface area contributed by atoms with Crippen molar-refractivity contribution in [2.75, 3.05) is 13.1 Å². The van der Waals surface area contributed by atoms with Gasteiger partial charge >= 0.3 is 0 Å². The number of rotatable bonds is 5. The molecule has 0 atom stereocenters. The summed E-state index contributed by atoms with van der Waals surface area (Å²) in [5.41, 5.74) is 0.695. The van der Waals surface area contributed by atoms with E-state index >= 15 is 0 Å². The Morgan fingerprint density at radius 3 is 2.31 bits per heavy atom. The second kappa shape index (κ2) is 7.81. The third-order valence-electron chi connectivity index (χ3n) is 5.63. The molecule has 1 aliphatic heterocycles. The van der Waals surface area contributed by atoms with Crippen molar-refractivity contribution >= 4 is 31.9 Å². The maximum atomic E-state index is 14.4. The molecular weight excluding hydrogens is 459 g/mol. The summed E-state index contributed by atoms with van der Waals surface area (Å²) in [7, 11) is -3.96. The molecule has 1 N–H and O–H groups in total. The van der Waals surface area contributed by atoms with Crippen molar-refractivity contribution in [1.29, 1.82) is 0 Å². The van der Waals surface area contributed by atoms with Gasteiger partial charge in [0, 0.05) is 23.1 Å². The number of piperidine rings is 1. The van der Waals surface area contributed by atoms with Crippen molar-refractivity contribution in [2.24, 2.45) is 0 Å². The average Bonchev–Trinajstić information content (AvgIpc) is 3.49. The lowest BCUT2D eigenvalue weighted by molar-refractivity contribution is 0.0930. The Labute approximate surface area is 178 Å². The smallest absolute Gasteiger partial charge is 0.252 e. The van der Waals surface area contributed by atoms with Crippen LogP contribution in [-0.2, 0) is 15.6 Å². The number of carbonyl (C=O) groups excluding carboxylic acids is 1. The quantitative estimate of drug-likeness (QED) is 0.697. The molecule has 1 amide bonds. The van der Waals surface area contributed by atoms with E-state index in [0.29, 0.717) is 13.1 Å². The van der Waals surface area contributed by atoms with E-state index in [1.807, 2.05) is 24.3 Å². The van der Waals surface area contributed by atoms with E-state index in [9.17, 15) is 17.6 Å². The zero-order valence-electron chi connectivity index (χ0n) is 15.8. The predicted octanol–water partition coefficient (Wildman–Crippen LogP) is 4.18. The fourth-order valence-electron chi connectivity index (χ4n) is 3.76. The Kier molecular flexibility index (Phi) is 5.52. The van der Waals surface area contributed by atoms with Crippen LogP contribution in [0, 0.1) is 5.82 Å². The van der Waals surface area contributed by atoms with Gasteiger partial charge in [-0.25, -0.2) is 12.8 Å². The number of hydrogen-bond acceptors (Lipinski definition) is 3. The van der Waals surface area contributed by atoms with Gasteiger partial charge in [-0.1, -0.05) is 34.5 Å². The van der Waals surface area contributed by atoms with Crippen molar-refractivity contribution < 1.29 is 17.6 Å². The summed E-state index contributed by atoms with van der Waals surface area (Å²) in [5.74, 6) is -1.23. The van der Waals surface area contributed by atoms with Crippen LogP contribution in [0.1, 0.15) is 48.0 Å².